The molecule has 0 radical (unpaired) electrons. The first-order chi connectivity index (χ1) is 13.8. The van der Waals surface area contributed by atoms with Gasteiger partial charge in [0, 0.05) is 12.1 Å². The van der Waals surface area contributed by atoms with E-state index >= 15 is 0 Å². The molecule has 0 aliphatic rings. The summed E-state index contributed by atoms with van der Waals surface area (Å²) in [4.78, 5) is 35.6. The van der Waals surface area contributed by atoms with Gasteiger partial charge in [0.15, 0.2) is 23.4 Å². The van der Waals surface area contributed by atoms with Crippen LogP contribution in [0, 0.1) is 17.0 Å². The van der Waals surface area contributed by atoms with E-state index in [4.69, 9.17) is 18.7 Å². The van der Waals surface area contributed by atoms with E-state index in [-0.39, 0.29) is 35.9 Å². The number of carbonyl (C=O) groups is 2. The van der Waals surface area contributed by atoms with Gasteiger partial charge in [0.2, 0.25) is 0 Å². The van der Waals surface area contributed by atoms with E-state index in [2.05, 4.69) is 10.5 Å². The SMILES string of the molecule is CCOc1cc([N+](=O)[O-])c(C(=O)OC(CC)C(=O)Nc2cc(C)on2)cc1OC. The van der Waals surface area contributed by atoms with Gasteiger partial charge in [0.1, 0.15) is 11.3 Å². The molecular weight excluding hydrogens is 386 g/mol. The molecule has 1 unspecified atom stereocenters. The Balaban J connectivity index is 2.27. The van der Waals surface area contributed by atoms with Crippen LogP contribution in [0.3, 0.4) is 0 Å². The number of hydrogen-bond donors (Lipinski definition) is 1. The van der Waals surface area contributed by atoms with Crippen LogP contribution in [0.2, 0.25) is 0 Å². The number of amides is 1. The van der Waals surface area contributed by atoms with Gasteiger partial charge in [-0.05, 0) is 20.3 Å². The summed E-state index contributed by atoms with van der Waals surface area (Å²) in [5, 5.41) is 17.5. The van der Waals surface area contributed by atoms with Crippen molar-refractivity contribution in [2.75, 3.05) is 19.0 Å². The fourth-order valence-corrected chi connectivity index (χ4v) is 2.44. The second-order valence-electron chi connectivity index (χ2n) is 5.82. The van der Waals surface area contributed by atoms with Gasteiger partial charge >= 0.3 is 5.97 Å². The molecule has 0 bridgehead atoms. The van der Waals surface area contributed by atoms with Crippen molar-refractivity contribution in [3.8, 4) is 11.5 Å². The normalized spacial score (nSPS) is 11.4. The molecule has 0 saturated heterocycles. The summed E-state index contributed by atoms with van der Waals surface area (Å²) < 4.78 is 20.5. The number of benzene rings is 1. The fourth-order valence-electron chi connectivity index (χ4n) is 2.44. The van der Waals surface area contributed by atoms with E-state index in [1.807, 2.05) is 0 Å². The van der Waals surface area contributed by atoms with Crippen LogP contribution in [0.25, 0.3) is 0 Å². The Kier molecular flexibility index (Phi) is 7.12. The predicted molar refractivity (Wildman–Crippen MR) is 100 cm³/mol. The second kappa shape index (κ2) is 9.53. The van der Waals surface area contributed by atoms with E-state index in [1.54, 1.807) is 20.8 Å². The van der Waals surface area contributed by atoms with Gasteiger partial charge < -0.3 is 24.1 Å². The minimum Gasteiger partial charge on any atom is -0.493 e. The molecule has 1 amide bonds. The van der Waals surface area contributed by atoms with Crippen molar-refractivity contribution < 1.29 is 33.2 Å². The van der Waals surface area contributed by atoms with Crippen molar-refractivity contribution in [3.63, 3.8) is 0 Å². The van der Waals surface area contributed by atoms with Crippen molar-refractivity contribution >= 4 is 23.4 Å². The quantitative estimate of drug-likeness (QED) is 0.377. The third kappa shape index (κ3) is 5.21. The Morgan fingerprint density at radius 2 is 2.00 bits per heavy atom. The lowest BCUT2D eigenvalue weighted by Crippen LogP contribution is -2.32. The number of esters is 1. The topological polar surface area (TPSA) is 143 Å². The fraction of sp³-hybridized carbons (Fsp3) is 0.389. The van der Waals surface area contributed by atoms with Crippen LogP contribution in [-0.4, -0.2) is 41.8 Å². The third-order valence-electron chi connectivity index (χ3n) is 3.79. The zero-order valence-electron chi connectivity index (χ0n) is 16.4. The van der Waals surface area contributed by atoms with Crippen molar-refractivity contribution in [1.29, 1.82) is 0 Å². The minimum absolute atomic E-state index is 0.115. The number of aryl methyl sites for hydroxylation is 1. The first kappa shape index (κ1) is 21.7. The predicted octanol–water partition coefficient (Wildman–Crippen LogP) is 2.87. The number of nitrogens with one attached hydrogen (secondary N) is 1. The zero-order valence-corrected chi connectivity index (χ0v) is 16.4. The number of ether oxygens (including phenoxy) is 3. The molecule has 1 aromatic carbocycles. The molecule has 0 aliphatic carbocycles. The van der Waals surface area contributed by atoms with E-state index in [0.717, 1.165) is 12.1 Å². The summed E-state index contributed by atoms with van der Waals surface area (Å²) in [5.74, 6) is -0.798. The number of carbonyl (C=O) groups excluding carboxylic acids is 2. The Labute approximate surface area is 166 Å². The van der Waals surface area contributed by atoms with Gasteiger partial charge in [0.05, 0.1) is 24.7 Å². The molecular formula is C18H21N3O8. The lowest BCUT2D eigenvalue weighted by molar-refractivity contribution is -0.385. The van der Waals surface area contributed by atoms with Crippen LogP contribution in [0.1, 0.15) is 36.4 Å². The molecule has 29 heavy (non-hydrogen) atoms. The number of aromatic nitrogens is 1. The van der Waals surface area contributed by atoms with Gasteiger partial charge in [-0.2, -0.15) is 0 Å². The highest BCUT2D eigenvalue weighted by molar-refractivity contribution is 5.99. The van der Waals surface area contributed by atoms with Crippen LogP contribution in [0.15, 0.2) is 22.7 Å². The molecule has 0 spiro atoms. The largest absolute Gasteiger partial charge is 0.493 e. The van der Waals surface area contributed by atoms with E-state index < -0.39 is 28.6 Å². The Morgan fingerprint density at radius 1 is 1.28 bits per heavy atom. The monoisotopic (exact) mass is 407 g/mol. The third-order valence-corrected chi connectivity index (χ3v) is 3.79. The first-order valence-electron chi connectivity index (χ1n) is 8.75. The Hall–Kier alpha value is -3.63. The van der Waals surface area contributed by atoms with Crippen LogP contribution >= 0.6 is 0 Å². The number of nitro benzene ring substituents is 1. The van der Waals surface area contributed by atoms with Crippen molar-refractivity contribution in [2.45, 2.75) is 33.3 Å². The maximum atomic E-state index is 12.6. The van der Waals surface area contributed by atoms with Gasteiger partial charge in [-0.3, -0.25) is 14.9 Å². The van der Waals surface area contributed by atoms with Crippen molar-refractivity contribution in [3.05, 3.63) is 39.6 Å². The summed E-state index contributed by atoms with van der Waals surface area (Å²) in [5.41, 5.74) is -0.888. The average molecular weight is 407 g/mol. The number of anilines is 1. The first-order valence-corrected chi connectivity index (χ1v) is 8.75. The zero-order chi connectivity index (χ0) is 21.6. The summed E-state index contributed by atoms with van der Waals surface area (Å²) >= 11 is 0. The molecule has 1 heterocycles. The Morgan fingerprint density at radius 3 is 2.52 bits per heavy atom. The van der Waals surface area contributed by atoms with Gasteiger partial charge in [-0.1, -0.05) is 12.1 Å². The lowest BCUT2D eigenvalue weighted by atomic mass is 10.1. The summed E-state index contributed by atoms with van der Waals surface area (Å²) in [7, 11) is 1.33. The molecule has 1 atom stereocenters. The van der Waals surface area contributed by atoms with Crippen molar-refractivity contribution in [2.24, 2.45) is 0 Å². The number of rotatable bonds is 9. The minimum atomic E-state index is -1.20. The Bertz CT molecular complexity index is 909. The second-order valence-corrected chi connectivity index (χ2v) is 5.82. The number of hydrogen-bond acceptors (Lipinski definition) is 9. The van der Waals surface area contributed by atoms with E-state index in [1.165, 1.54) is 13.2 Å². The molecule has 2 rings (SSSR count). The van der Waals surface area contributed by atoms with Crippen LogP contribution in [0.4, 0.5) is 11.5 Å². The molecule has 0 aliphatic heterocycles. The van der Waals surface area contributed by atoms with E-state index in [0.29, 0.717) is 5.76 Å². The summed E-state index contributed by atoms with van der Waals surface area (Å²) in [6.45, 7) is 5.22. The van der Waals surface area contributed by atoms with Crippen LogP contribution < -0.4 is 14.8 Å². The highest BCUT2D eigenvalue weighted by Crippen LogP contribution is 2.35. The molecule has 0 fully saturated rings. The molecule has 1 N–H and O–H groups in total. The van der Waals surface area contributed by atoms with Gasteiger partial charge in [0.25, 0.3) is 11.6 Å². The maximum Gasteiger partial charge on any atom is 0.346 e. The van der Waals surface area contributed by atoms with Crippen molar-refractivity contribution in [1.82, 2.24) is 5.16 Å². The molecule has 11 nitrogen and oxygen atoms in total. The van der Waals surface area contributed by atoms with E-state index in [9.17, 15) is 19.7 Å². The molecule has 11 heteroatoms. The number of nitro groups is 1. The maximum absolute atomic E-state index is 12.6. The molecule has 156 valence electrons. The molecule has 1 aromatic heterocycles. The smallest absolute Gasteiger partial charge is 0.346 e. The van der Waals surface area contributed by atoms with Crippen LogP contribution in [-0.2, 0) is 9.53 Å². The summed E-state index contributed by atoms with van der Waals surface area (Å²) in [6.07, 6.45) is -1.06. The summed E-state index contributed by atoms with van der Waals surface area (Å²) in [6, 6.07) is 3.73. The van der Waals surface area contributed by atoms with Gasteiger partial charge in [-0.15, -0.1) is 0 Å². The molecule has 0 saturated carbocycles. The highest BCUT2D eigenvalue weighted by atomic mass is 16.6. The van der Waals surface area contributed by atoms with Gasteiger partial charge in [-0.25, -0.2) is 4.79 Å². The number of methoxy groups -OCH3 is 1. The number of nitrogens with zero attached hydrogens (tertiary/aromatic N) is 2. The molecule has 2 aromatic rings. The lowest BCUT2D eigenvalue weighted by Gasteiger charge is -2.16. The highest BCUT2D eigenvalue weighted by Gasteiger charge is 2.29. The van der Waals surface area contributed by atoms with Crippen LogP contribution in [0.5, 0.6) is 11.5 Å². The average Bonchev–Trinajstić information content (AvgIpc) is 3.10. The standard InChI is InChI=1S/C18H21N3O8/c1-5-13(17(22)19-16-7-10(3)29-20-16)28-18(23)11-8-14(26-4)15(27-6-2)9-12(11)21(24)25/h7-9,13H,5-6H2,1-4H3,(H,19,20,22).